The number of amides is 2. The van der Waals surface area contributed by atoms with Crippen molar-refractivity contribution < 1.29 is 47.9 Å². The first kappa shape index (κ1) is 38.3. The van der Waals surface area contributed by atoms with Crippen molar-refractivity contribution in [3.05, 3.63) is 93.1 Å². The Morgan fingerprint density at radius 2 is 1.67 bits per heavy atom. The van der Waals surface area contributed by atoms with E-state index in [-0.39, 0.29) is 23.8 Å². The molecule has 0 saturated heterocycles. The van der Waals surface area contributed by atoms with E-state index in [9.17, 15) is 19.5 Å². The van der Waals surface area contributed by atoms with Gasteiger partial charge in [-0.25, -0.2) is 14.4 Å². The lowest BCUT2D eigenvalue weighted by atomic mass is 9.95. The Morgan fingerprint density at radius 1 is 0.941 bits per heavy atom. The fourth-order valence-corrected chi connectivity index (χ4v) is 5.27. The minimum Gasteiger partial charge on any atom is -0.490 e. The number of methoxy groups -OCH3 is 1. The van der Waals surface area contributed by atoms with Crippen LogP contribution in [0.1, 0.15) is 60.8 Å². The van der Waals surface area contributed by atoms with Gasteiger partial charge < -0.3 is 44.2 Å². The lowest BCUT2D eigenvalue weighted by Crippen LogP contribution is -2.45. The van der Waals surface area contributed by atoms with Crippen molar-refractivity contribution in [1.29, 1.82) is 0 Å². The summed E-state index contributed by atoms with van der Waals surface area (Å²) in [6, 6.07) is 13.9. The number of carbonyl (C=O) groups is 3. The third-order valence-electron chi connectivity index (χ3n) is 7.29. The van der Waals surface area contributed by atoms with Crippen LogP contribution < -0.4 is 35.0 Å². The van der Waals surface area contributed by atoms with Crippen LogP contribution in [0.4, 0.5) is 4.79 Å². The van der Waals surface area contributed by atoms with Gasteiger partial charge in [-0.2, -0.15) is 5.10 Å². The number of halogens is 1. The zero-order valence-corrected chi connectivity index (χ0v) is 29.7. The molecule has 0 aliphatic carbocycles. The summed E-state index contributed by atoms with van der Waals surface area (Å²) in [5.41, 5.74) is 5.63. The van der Waals surface area contributed by atoms with E-state index in [2.05, 4.69) is 21.2 Å². The molecule has 2 amide bonds. The van der Waals surface area contributed by atoms with Crippen LogP contribution in [0.3, 0.4) is 0 Å². The largest absolute Gasteiger partial charge is 0.490 e. The number of benzene rings is 3. The van der Waals surface area contributed by atoms with E-state index in [0.29, 0.717) is 65.2 Å². The number of allylic oxidation sites excluding steroid dienone is 1. The van der Waals surface area contributed by atoms with Gasteiger partial charge >= 0.3 is 18.0 Å². The number of esters is 2. The molecular weight excluding hydrogens is 684 g/mol. The standard InChI is InChI=1S/C36H41ClN4O10/c1-6-47-28-17-25(32-31(35(44)46-5)21(4)39-36(45)40-32)13-14-27(28)50-20-30(42)41-38-18-23-15-26(37)33(29(16-23)48-7-2)51-19-22-9-11-24(12-10-22)34(43)49-8-3/h9-18,30,32,41-42H,6-8,19-20H2,1-5H3,(H2,39,40,45)/b38-18+/t30-,32-/m1/s1. The van der Waals surface area contributed by atoms with E-state index < -0.39 is 30.2 Å². The summed E-state index contributed by atoms with van der Waals surface area (Å²) in [5.74, 6) is 0.432. The summed E-state index contributed by atoms with van der Waals surface area (Å²) in [6.07, 6.45) is 0.243. The van der Waals surface area contributed by atoms with Gasteiger partial charge in [0, 0.05) is 5.70 Å². The number of nitrogens with one attached hydrogen (secondary N) is 3. The van der Waals surface area contributed by atoms with Crippen LogP contribution in [0.5, 0.6) is 23.0 Å². The van der Waals surface area contributed by atoms with Crippen molar-refractivity contribution in [3.63, 3.8) is 0 Å². The second kappa shape index (κ2) is 18.5. The van der Waals surface area contributed by atoms with Gasteiger partial charge in [0.1, 0.15) is 13.2 Å². The molecule has 2 atom stereocenters. The SMILES string of the molecule is CCOC(=O)c1ccc(COc2c(Cl)cc(/C=N/N[C@H](O)COc3ccc([C@H]4NC(=O)NC(C)=C4C(=O)OC)cc3OCC)cc2OCC)cc1. The molecule has 3 aromatic rings. The maximum absolute atomic E-state index is 12.5. The Kier molecular flexibility index (Phi) is 13.9. The topological polar surface area (TPSA) is 175 Å². The zero-order valence-electron chi connectivity index (χ0n) is 28.9. The maximum Gasteiger partial charge on any atom is 0.338 e. The maximum atomic E-state index is 12.5. The van der Waals surface area contributed by atoms with Crippen LogP contribution in [-0.4, -0.2) is 69.1 Å². The average Bonchev–Trinajstić information content (AvgIpc) is 3.10. The number of urea groups is 1. The van der Waals surface area contributed by atoms with Gasteiger partial charge in [-0.1, -0.05) is 29.8 Å². The number of hydrogen-bond acceptors (Lipinski definition) is 12. The van der Waals surface area contributed by atoms with Gasteiger partial charge in [-0.15, -0.1) is 0 Å². The van der Waals surface area contributed by atoms with E-state index in [1.54, 1.807) is 75.4 Å². The first-order chi connectivity index (χ1) is 24.6. The molecule has 0 bridgehead atoms. The molecule has 14 nitrogen and oxygen atoms in total. The highest BCUT2D eigenvalue weighted by atomic mass is 35.5. The first-order valence-corrected chi connectivity index (χ1v) is 16.5. The summed E-state index contributed by atoms with van der Waals surface area (Å²) >= 11 is 6.56. The fraction of sp³-hybridized carbons (Fsp3) is 0.333. The van der Waals surface area contributed by atoms with Gasteiger partial charge in [0.15, 0.2) is 29.2 Å². The number of hydrazone groups is 1. The summed E-state index contributed by atoms with van der Waals surface area (Å²) in [5, 5.41) is 20.3. The number of carbonyl (C=O) groups excluding carboxylic acids is 3. The molecule has 0 unspecified atom stereocenters. The first-order valence-electron chi connectivity index (χ1n) is 16.2. The molecule has 0 spiro atoms. The predicted octanol–water partition coefficient (Wildman–Crippen LogP) is 5.01. The van der Waals surface area contributed by atoms with E-state index in [1.165, 1.54) is 13.3 Å². The van der Waals surface area contributed by atoms with Crippen LogP contribution in [0.25, 0.3) is 0 Å². The molecule has 1 aliphatic rings. The van der Waals surface area contributed by atoms with Crippen LogP contribution in [0, 0.1) is 0 Å². The third kappa shape index (κ3) is 10.3. The molecule has 272 valence electrons. The molecule has 15 heteroatoms. The highest BCUT2D eigenvalue weighted by Gasteiger charge is 2.32. The highest BCUT2D eigenvalue weighted by Crippen LogP contribution is 2.37. The molecule has 1 heterocycles. The van der Waals surface area contributed by atoms with E-state index in [1.807, 2.05) is 6.92 Å². The van der Waals surface area contributed by atoms with Crippen molar-refractivity contribution in [3.8, 4) is 23.0 Å². The lowest BCUT2D eigenvalue weighted by molar-refractivity contribution is -0.136. The molecule has 0 fully saturated rings. The van der Waals surface area contributed by atoms with Crippen molar-refractivity contribution >= 4 is 35.8 Å². The third-order valence-corrected chi connectivity index (χ3v) is 7.57. The van der Waals surface area contributed by atoms with Gasteiger partial charge in [0.25, 0.3) is 0 Å². The number of nitrogens with zero attached hydrogens (tertiary/aromatic N) is 1. The minimum atomic E-state index is -1.21. The number of rotatable bonds is 17. The summed E-state index contributed by atoms with van der Waals surface area (Å²) in [6.45, 7) is 7.93. The Labute approximate surface area is 300 Å². The molecular formula is C36H41ClN4O10. The second-order valence-electron chi connectivity index (χ2n) is 10.9. The van der Waals surface area contributed by atoms with Gasteiger partial charge in [-0.05, 0) is 80.8 Å². The molecule has 1 aliphatic heterocycles. The number of ether oxygens (including phenoxy) is 6. The number of aliphatic hydroxyl groups is 1. The Morgan fingerprint density at radius 3 is 2.35 bits per heavy atom. The quantitative estimate of drug-likeness (QED) is 0.0637. The Hall–Kier alpha value is -5.47. The van der Waals surface area contributed by atoms with Gasteiger partial charge in [0.2, 0.25) is 0 Å². The molecule has 0 saturated carbocycles. The van der Waals surface area contributed by atoms with E-state index in [4.69, 9.17) is 40.0 Å². The molecule has 0 radical (unpaired) electrons. The molecule has 4 N–H and O–H groups in total. The van der Waals surface area contributed by atoms with Crippen LogP contribution in [0.2, 0.25) is 5.02 Å². The van der Waals surface area contributed by atoms with Crippen LogP contribution in [0.15, 0.2) is 71.0 Å². The van der Waals surface area contributed by atoms with Gasteiger partial charge in [-0.3, -0.25) is 5.43 Å². The number of aliphatic hydroxyl groups excluding tert-OH is 1. The monoisotopic (exact) mass is 724 g/mol. The zero-order chi connectivity index (χ0) is 36.9. The second-order valence-corrected chi connectivity index (χ2v) is 11.3. The smallest absolute Gasteiger partial charge is 0.338 e. The van der Waals surface area contributed by atoms with E-state index in [0.717, 1.165) is 5.56 Å². The summed E-state index contributed by atoms with van der Waals surface area (Å²) in [7, 11) is 1.26. The van der Waals surface area contributed by atoms with Crippen molar-refractivity contribution in [2.24, 2.45) is 5.10 Å². The predicted molar refractivity (Wildman–Crippen MR) is 188 cm³/mol. The van der Waals surface area contributed by atoms with E-state index >= 15 is 0 Å². The van der Waals surface area contributed by atoms with Crippen LogP contribution in [-0.2, 0) is 20.9 Å². The normalized spacial score (nSPS) is 14.6. The van der Waals surface area contributed by atoms with Crippen molar-refractivity contribution in [1.82, 2.24) is 16.1 Å². The summed E-state index contributed by atoms with van der Waals surface area (Å²) < 4.78 is 33.3. The molecule has 4 rings (SSSR count). The lowest BCUT2D eigenvalue weighted by Gasteiger charge is -2.28. The average molecular weight is 725 g/mol. The Bertz CT molecular complexity index is 1760. The Balaban J connectivity index is 1.38. The molecule has 51 heavy (non-hydrogen) atoms. The van der Waals surface area contributed by atoms with Crippen molar-refractivity contribution in [2.45, 2.75) is 46.6 Å². The fourth-order valence-electron chi connectivity index (χ4n) is 4.99. The van der Waals surface area contributed by atoms with Crippen molar-refractivity contribution in [2.75, 3.05) is 33.5 Å². The highest BCUT2D eigenvalue weighted by molar-refractivity contribution is 6.32. The number of hydrogen-bond donors (Lipinski definition) is 4. The van der Waals surface area contributed by atoms with Gasteiger partial charge in [0.05, 0.1) is 55.3 Å². The van der Waals surface area contributed by atoms with Crippen LogP contribution >= 0.6 is 11.6 Å². The minimum absolute atomic E-state index is 0.178. The summed E-state index contributed by atoms with van der Waals surface area (Å²) in [4.78, 5) is 36.6. The molecule has 3 aromatic carbocycles. The molecule has 0 aromatic heterocycles.